The van der Waals surface area contributed by atoms with Gasteiger partial charge in [0.05, 0.1) is 5.92 Å². The minimum atomic E-state index is -0.725. The first-order valence-electron chi connectivity index (χ1n) is 6.31. The van der Waals surface area contributed by atoms with Crippen LogP contribution in [-0.4, -0.2) is 17.1 Å². The molecule has 0 bridgehead atoms. The summed E-state index contributed by atoms with van der Waals surface area (Å²) in [6, 6.07) is 4.94. The molecule has 0 aliphatic heterocycles. The lowest BCUT2D eigenvalue weighted by atomic mass is 9.85. The van der Waals surface area contributed by atoms with Crippen molar-refractivity contribution in [2.45, 2.75) is 38.6 Å². The van der Waals surface area contributed by atoms with E-state index in [0.29, 0.717) is 6.42 Å². The molecule has 2 rings (SSSR count). The second kappa shape index (κ2) is 5.38. The Kier molecular flexibility index (Phi) is 3.84. The summed E-state index contributed by atoms with van der Waals surface area (Å²) in [5.41, 5.74) is 1.60. The van der Waals surface area contributed by atoms with Crippen LogP contribution in [0.4, 0.5) is 10.1 Å². The van der Waals surface area contributed by atoms with E-state index in [-0.39, 0.29) is 17.8 Å². The predicted molar refractivity (Wildman–Crippen MR) is 68.1 cm³/mol. The number of halogens is 1. The molecular weight excluding hydrogens is 233 g/mol. The van der Waals surface area contributed by atoms with Crippen molar-refractivity contribution < 1.29 is 14.3 Å². The maximum absolute atomic E-state index is 13.3. The Balaban J connectivity index is 2.02. The van der Waals surface area contributed by atoms with Crippen molar-refractivity contribution in [3.8, 4) is 0 Å². The Morgan fingerprint density at radius 3 is 2.83 bits per heavy atom. The highest BCUT2D eigenvalue weighted by Gasteiger charge is 2.26. The van der Waals surface area contributed by atoms with Crippen LogP contribution in [0, 0.1) is 18.7 Å². The number of aliphatic carboxylic acids is 1. The molecule has 0 aromatic heterocycles. The van der Waals surface area contributed by atoms with E-state index in [9.17, 15) is 9.18 Å². The number of carbonyl (C=O) groups is 1. The Morgan fingerprint density at radius 2 is 2.17 bits per heavy atom. The van der Waals surface area contributed by atoms with E-state index in [1.54, 1.807) is 0 Å². The summed E-state index contributed by atoms with van der Waals surface area (Å²) in [7, 11) is 0. The highest BCUT2D eigenvalue weighted by molar-refractivity contribution is 5.70. The predicted octanol–water partition coefficient (Wildman–Crippen LogP) is 3.19. The molecule has 1 fully saturated rings. The van der Waals surface area contributed by atoms with Crippen LogP contribution in [0.2, 0.25) is 0 Å². The molecule has 4 heteroatoms. The van der Waals surface area contributed by atoms with E-state index in [2.05, 4.69) is 5.32 Å². The summed E-state index contributed by atoms with van der Waals surface area (Å²) in [5, 5.41) is 12.3. The van der Waals surface area contributed by atoms with Crippen LogP contribution in [0.1, 0.15) is 31.2 Å². The van der Waals surface area contributed by atoms with Crippen molar-refractivity contribution >= 4 is 11.7 Å². The van der Waals surface area contributed by atoms with Crippen molar-refractivity contribution in [3.05, 3.63) is 29.6 Å². The minimum absolute atomic E-state index is 0.126. The fourth-order valence-corrected chi connectivity index (χ4v) is 2.60. The first-order chi connectivity index (χ1) is 8.54. The van der Waals surface area contributed by atoms with Gasteiger partial charge >= 0.3 is 5.97 Å². The molecule has 0 amide bonds. The maximum Gasteiger partial charge on any atom is 0.306 e. The number of aryl methyl sites for hydroxylation is 1. The van der Waals surface area contributed by atoms with E-state index in [1.807, 2.05) is 13.0 Å². The van der Waals surface area contributed by atoms with Gasteiger partial charge in [0, 0.05) is 11.7 Å². The average molecular weight is 251 g/mol. The lowest BCUT2D eigenvalue weighted by molar-refractivity contribution is -0.142. The van der Waals surface area contributed by atoms with Crippen molar-refractivity contribution in [2.24, 2.45) is 5.92 Å². The topological polar surface area (TPSA) is 49.3 Å². The molecule has 1 saturated carbocycles. The van der Waals surface area contributed by atoms with Crippen LogP contribution in [0.15, 0.2) is 18.2 Å². The van der Waals surface area contributed by atoms with Crippen molar-refractivity contribution in [2.75, 3.05) is 5.32 Å². The summed E-state index contributed by atoms with van der Waals surface area (Å²) in [5.74, 6) is -1.26. The summed E-state index contributed by atoms with van der Waals surface area (Å²) in [4.78, 5) is 11.0. The lowest BCUT2D eigenvalue weighted by Gasteiger charge is -2.28. The monoisotopic (exact) mass is 251 g/mol. The van der Waals surface area contributed by atoms with Gasteiger partial charge in [-0.3, -0.25) is 4.79 Å². The molecule has 0 heterocycles. The average Bonchev–Trinajstić information content (AvgIpc) is 2.27. The lowest BCUT2D eigenvalue weighted by Crippen LogP contribution is -2.30. The zero-order valence-electron chi connectivity index (χ0n) is 10.4. The van der Waals surface area contributed by atoms with Crippen LogP contribution in [0.3, 0.4) is 0 Å². The van der Waals surface area contributed by atoms with Gasteiger partial charge in [-0.2, -0.15) is 0 Å². The number of benzene rings is 1. The molecule has 18 heavy (non-hydrogen) atoms. The standard InChI is InChI=1S/C14H18FNO2/c1-9-5-11(15)8-13(6-9)16-12-4-2-3-10(7-12)14(17)18/h5-6,8,10,12,16H,2-4,7H2,1H3,(H,17,18). The maximum atomic E-state index is 13.3. The Bertz CT molecular complexity index is 427. The van der Waals surface area contributed by atoms with E-state index >= 15 is 0 Å². The second-order valence-corrected chi connectivity index (χ2v) is 5.06. The fraction of sp³-hybridized carbons (Fsp3) is 0.500. The van der Waals surface area contributed by atoms with Crippen LogP contribution in [-0.2, 0) is 4.79 Å². The largest absolute Gasteiger partial charge is 0.481 e. The molecular formula is C14H18FNO2. The number of anilines is 1. The number of hydrogen-bond acceptors (Lipinski definition) is 2. The van der Waals surface area contributed by atoms with E-state index in [1.165, 1.54) is 12.1 Å². The zero-order chi connectivity index (χ0) is 13.1. The summed E-state index contributed by atoms with van der Waals surface area (Å²) < 4.78 is 13.3. The van der Waals surface area contributed by atoms with Gasteiger partial charge < -0.3 is 10.4 Å². The molecule has 0 saturated heterocycles. The molecule has 2 atom stereocenters. The smallest absolute Gasteiger partial charge is 0.306 e. The number of nitrogens with one attached hydrogen (secondary N) is 1. The van der Waals surface area contributed by atoms with E-state index in [0.717, 1.165) is 30.5 Å². The normalized spacial score (nSPS) is 23.7. The van der Waals surface area contributed by atoms with E-state index < -0.39 is 5.97 Å². The van der Waals surface area contributed by atoms with Crippen LogP contribution in [0.5, 0.6) is 0 Å². The summed E-state index contributed by atoms with van der Waals surface area (Å²) >= 11 is 0. The highest BCUT2D eigenvalue weighted by Crippen LogP contribution is 2.27. The number of carboxylic acids is 1. The second-order valence-electron chi connectivity index (χ2n) is 5.06. The van der Waals surface area contributed by atoms with Crippen LogP contribution < -0.4 is 5.32 Å². The van der Waals surface area contributed by atoms with Gasteiger partial charge in [-0.25, -0.2) is 4.39 Å². The van der Waals surface area contributed by atoms with Gasteiger partial charge in [-0.1, -0.05) is 6.42 Å². The molecule has 98 valence electrons. The van der Waals surface area contributed by atoms with Crippen LogP contribution >= 0.6 is 0 Å². The van der Waals surface area contributed by atoms with Gasteiger partial charge in [-0.05, 0) is 49.9 Å². The fourth-order valence-electron chi connectivity index (χ4n) is 2.60. The number of hydrogen-bond donors (Lipinski definition) is 2. The first kappa shape index (κ1) is 12.9. The quantitative estimate of drug-likeness (QED) is 0.867. The molecule has 0 radical (unpaired) electrons. The zero-order valence-corrected chi connectivity index (χ0v) is 10.4. The first-order valence-corrected chi connectivity index (χ1v) is 6.31. The highest BCUT2D eigenvalue weighted by atomic mass is 19.1. The van der Waals surface area contributed by atoms with Gasteiger partial charge in [0.15, 0.2) is 0 Å². The van der Waals surface area contributed by atoms with Gasteiger partial charge in [0.1, 0.15) is 5.82 Å². The third kappa shape index (κ3) is 3.22. The minimum Gasteiger partial charge on any atom is -0.481 e. The summed E-state index contributed by atoms with van der Waals surface area (Å²) in [6.07, 6.45) is 3.21. The number of carboxylic acid groups (broad SMARTS) is 1. The van der Waals surface area contributed by atoms with Crippen molar-refractivity contribution in [1.82, 2.24) is 0 Å². The Labute approximate surface area is 106 Å². The molecule has 2 unspecified atom stereocenters. The van der Waals surface area contributed by atoms with Crippen LogP contribution in [0.25, 0.3) is 0 Å². The van der Waals surface area contributed by atoms with Gasteiger partial charge in [0.2, 0.25) is 0 Å². The molecule has 1 aromatic carbocycles. The van der Waals surface area contributed by atoms with Gasteiger partial charge in [0.25, 0.3) is 0 Å². The molecule has 1 aliphatic rings. The molecule has 0 spiro atoms. The molecule has 1 aliphatic carbocycles. The molecule has 1 aromatic rings. The Hall–Kier alpha value is -1.58. The SMILES string of the molecule is Cc1cc(F)cc(NC2CCCC(C(=O)O)C2)c1. The van der Waals surface area contributed by atoms with Crippen molar-refractivity contribution in [3.63, 3.8) is 0 Å². The third-order valence-electron chi connectivity index (χ3n) is 3.44. The Morgan fingerprint density at radius 1 is 1.39 bits per heavy atom. The van der Waals surface area contributed by atoms with E-state index in [4.69, 9.17) is 5.11 Å². The molecule has 3 nitrogen and oxygen atoms in total. The third-order valence-corrected chi connectivity index (χ3v) is 3.44. The summed E-state index contributed by atoms with van der Waals surface area (Å²) in [6.45, 7) is 1.84. The van der Waals surface area contributed by atoms with Gasteiger partial charge in [-0.15, -0.1) is 0 Å². The molecule has 2 N–H and O–H groups in total. The number of rotatable bonds is 3. The van der Waals surface area contributed by atoms with Crippen molar-refractivity contribution in [1.29, 1.82) is 0 Å².